The monoisotopic (exact) mass is 253 g/mol. The first-order valence-corrected chi connectivity index (χ1v) is 6.34. The Balaban J connectivity index is 2.24. The van der Waals surface area contributed by atoms with E-state index in [0.717, 1.165) is 6.42 Å². The van der Waals surface area contributed by atoms with E-state index in [4.69, 9.17) is 5.73 Å². The van der Waals surface area contributed by atoms with Gasteiger partial charge in [-0.25, -0.2) is 0 Å². The van der Waals surface area contributed by atoms with Crippen LogP contribution in [0, 0.1) is 5.92 Å². The van der Waals surface area contributed by atoms with Crippen LogP contribution in [0.3, 0.4) is 0 Å². The minimum atomic E-state index is 0.112. The SMILES string of the molecule is CC(C)C(N)CCN(C)C(=O)CCn1ccnn1. The van der Waals surface area contributed by atoms with Gasteiger partial charge in [-0.1, -0.05) is 19.1 Å². The highest BCUT2D eigenvalue weighted by atomic mass is 16.2. The summed E-state index contributed by atoms with van der Waals surface area (Å²) in [4.78, 5) is 13.6. The lowest BCUT2D eigenvalue weighted by Gasteiger charge is -2.21. The second-order valence-electron chi connectivity index (χ2n) is 4.93. The first-order valence-electron chi connectivity index (χ1n) is 6.34. The highest BCUT2D eigenvalue weighted by Crippen LogP contribution is 2.04. The molecule has 0 spiro atoms. The molecule has 0 fully saturated rings. The molecule has 1 aromatic rings. The molecule has 0 aliphatic carbocycles. The van der Waals surface area contributed by atoms with E-state index < -0.39 is 0 Å². The fraction of sp³-hybridized carbons (Fsp3) is 0.750. The van der Waals surface area contributed by atoms with Gasteiger partial charge in [0.05, 0.1) is 12.7 Å². The second kappa shape index (κ2) is 7.10. The highest BCUT2D eigenvalue weighted by molar-refractivity contribution is 5.75. The van der Waals surface area contributed by atoms with Crippen LogP contribution in [0.5, 0.6) is 0 Å². The van der Waals surface area contributed by atoms with Crippen molar-refractivity contribution in [3.8, 4) is 0 Å². The Kier molecular flexibility index (Phi) is 5.77. The van der Waals surface area contributed by atoms with Gasteiger partial charge in [0.25, 0.3) is 0 Å². The molecule has 6 heteroatoms. The number of carbonyl (C=O) groups excluding carboxylic acids is 1. The Bertz CT molecular complexity index is 349. The van der Waals surface area contributed by atoms with E-state index in [1.807, 2.05) is 7.05 Å². The lowest BCUT2D eigenvalue weighted by molar-refractivity contribution is -0.130. The number of amides is 1. The lowest BCUT2D eigenvalue weighted by atomic mass is 10.0. The molecule has 0 saturated heterocycles. The summed E-state index contributed by atoms with van der Waals surface area (Å²) >= 11 is 0. The van der Waals surface area contributed by atoms with Gasteiger partial charge < -0.3 is 10.6 Å². The average Bonchev–Trinajstić information content (AvgIpc) is 2.85. The molecule has 2 N–H and O–H groups in total. The number of rotatable bonds is 7. The van der Waals surface area contributed by atoms with Gasteiger partial charge in [-0.15, -0.1) is 5.10 Å². The molecular weight excluding hydrogens is 230 g/mol. The van der Waals surface area contributed by atoms with E-state index in [2.05, 4.69) is 24.2 Å². The summed E-state index contributed by atoms with van der Waals surface area (Å²) in [7, 11) is 1.82. The summed E-state index contributed by atoms with van der Waals surface area (Å²) < 4.78 is 1.66. The van der Waals surface area contributed by atoms with Crippen molar-refractivity contribution in [2.75, 3.05) is 13.6 Å². The molecule has 1 heterocycles. The van der Waals surface area contributed by atoms with Crippen LogP contribution >= 0.6 is 0 Å². The second-order valence-corrected chi connectivity index (χ2v) is 4.93. The van der Waals surface area contributed by atoms with Crippen LogP contribution in [-0.2, 0) is 11.3 Å². The number of aryl methyl sites for hydroxylation is 1. The van der Waals surface area contributed by atoms with Gasteiger partial charge in [0, 0.05) is 32.3 Å². The molecule has 0 bridgehead atoms. The normalized spacial score (nSPS) is 12.7. The summed E-state index contributed by atoms with van der Waals surface area (Å²) in [6.07, 6.45) is 4.64. The Morgan fingerprint density at radius 2 is 2.22 bits per heavy atom. The Labute approximate surface area is 108 Å². The molecule has 0 aliphatic rings. The zero-order valence-corrected chi connectivity index (χ0v) is 11.4. The van der Waals surface area contributed by atoms with Crippen molar-refractivity contribution in [2.45, 2.75) is 39.3 Å². The molecule has 0 aliphatic heterocycles. The maximum absolute atomic E-state index is 11.8. The standard InChI is InChI=1S/C12H23N5O/c1-10(2)11(13)4-7-16(3)12(18)5-8-17-9-6-14-15-17/h6,9-11H,4-5,7-8,13H2,1-3H3. The van der Waals surface area contributed by atoms with Crippen molar-refractivity contribution in [1.29, 1.82) is 0 Å². The molecule has 1 unspecified atom stereocenters. The van der Waals surface area contributed by atoms with E-state index in [1.54, 1.807) is 22.0 Å². The summed E-state index contributed by atoms with van der Waals surface area (Å²) in [5, 5.41) is 7.52. The van der Waals surface area contributed by atoms with E-state index in [1.165, 1.54) is 0 Å². The van der Waals surface area contributed by atoms with Crippen LogP contribution in [0.25, 0.3) is 0 Å². The zero-order chi connectivity index (χ0) is 13.5. The average molecular weight is 253 g/mol. The van der Waals surface area contributed by atoms with Gasteiger partial charge in [0.1, 0.15) is 0 Å². The van der Waals surface area contributed by atoms with Crippen LogP contribution in [0.2, 0.25) is 0 Å². The van der Waals surface area contributed by atoms with Gasteiger partial charge in [-0.2, -0.15) is 0 Å². The van der Waals surface area contributed by atoms with Crippen LogP contribution in [0.1, 0.15) is 26.7 Å². The van der Waals surface area contributed by atoms with Crippen molar-refractivity contribution in [2.24, 2.45) is 11.7 Å². The number of hydrogen-bond acceptors (Lipinski definition) is 4. The Hall–Kier alpha value is -1.43. The van der Waals surface area contributed by atoms with Gasteiger partial charge in [-0.3, -0.25) is 9.48 Å². The summed E-state index contributed by atoms with van der Waals surface area (Å²) in [6.45, 7) is 5.46. The van der Waals surface area contributed by atoms with Crippen LogP contribution < -0.4 is 5.73 Å². The van der Waals surface area contributed by atoms with Crippen LogP contribution in [-0.4, -0.2) is 45.4 Å². The van der Waals surface area contributed by atoms with E-state index >= 15 is 0 Å². The van der Waals surface area contributed by atoms with Gasteiger partial charge >= 0.3 is 0 Å². The predicted molar refractivity (Wildman–Crippen MR) is 69.7 cm³/mol. The predicted octanol–water partition coefficient (Wildman–Crippen LogP) is 0.500. The fourth-order valence-corrected chi connectivity index (χ4v) is 1.55. The van der Waals surface area contributed by atoms with Gasteiger partial charge in [-0.05, 0) is 12.3 Å². The summed E-state index contributed by atoms with van der Waals surface area (Å²) in [6, 6.07) is 0.149. The van der Waals surface area contributed by atoms with Crippen molar-refractivity contribution in [3.63, 3.8) is 0 Å². The van der Waals surface area contributed by atoms with Crippen molar-refractivity contribution >= 4 is 5.91 Å². The minimum Gasteiger partial charge on any atom is -0.346 e. The Morgan fingerprint density at radius 3 is 2.78 bits per heavy atom. The first-order chi connectivity index (χ1) is 8.50. The molecule has 1 aromatic heterocycles. The molecule has 18 heavy (non-hydrogen) atoms. The molecular formula is C12H23N5O. The number of nitrogens with two attached hydrogens (primary N) is 1. The van der Waals surface area contributed by atoms with Crippen molar-refractivity contribution in [3.05, 3.63) is 12.4 Å². The number of nitrogens with zero attached hydrogens (tertiary/aromatic N) is 4. The van der Waals surface area contributed by atoms with Crippen molar-refractivity contribution < 1.29 is 4.79 Å². The van der Waals surface area contributed by atoms with E-state index in [-0.39, 0.29) is 11.9 Å². The van der Waals surface area contributed by atoms with E-state index in [0.29, 0.717) is 25.4 Å². The smallest absolute Gasteiger partial charge is 0.224 e. The highest BCUT2D eigenvalue weighted by Gasteiger charge is 2.12. The lowest BCUT2D eigenvalue weighted by Crippen LogP contribution is -2.35. The van der Waals surface area contributed by atoms with Crippen LogP contribution in [0.15, 0.2) is 12.4 Å². The van der Waals surface area contributed by atoms with Crippen LogP contribution in [0.4, 0.5) is 0 Å². The third-order valence-electron chi connectivity index (χ3n) is 3.11. The van der Waals surface area contributed by atoms with Gasteiger partial charge in [0.2, 0.25) is 5.91 Å². The largest absolute Gasteiger partial charge is 0.346 e. The number of carbonyl (C=O) groups is 1. The molecule has 1 atom stereocenters. The molecule has 102 valence electrons. The minimum absolute atomic E-state index is 0.112. The fourth-order valence-electron chi connectivity index (χ4n) is 1.55. The van der Waals surface area contributed by atoms with E-state index in [9.17, 15) is 4.79 Å². The third kappa shape index (κ3) is 4.83. The maximum Gasteiger partial charge on any atom is 0.224 e. The summed E-state index contributed by atoms with van der Waals surface area (Å²) in [5.41, 5.74) is 5.96. The summed E-state index contributed by atoms with van der Waals surface area (Å²) in [5.74, 6) is 0.560. The molecule has 1 amide bonds. The molecule has 6 nitrogen and oxygen atoms in total. The van der Waals surface area contributed by atoms with Crippen molar-refractivity contribution in [1.82, 2.24) is 19.9 Å². The molecule has 0 saturated carbocycles. The third-order valence-corrected chi connectivity index (χ3v) is 3.11. The molecule has 0 aromatic carbocycles. The maximum atomic E-state index is 11.8. The first kappa shape index (κ1) is 14.6. The molecule has 1 rings (SSSR count). The number of hydrogen-bond donors (Lipinski definition) is 1. The quantitative estimate of drug-likeness (QED) is 0.767. The van der Waals surface area contributed by atoms with Gasteiger partial charge in [0.15, 0.2) is 0 Å². The Morgan fingerprint density at radius 1 is 1.50 bits per heavy atom. The zero-order valence-electron chi connectivity index (χ0n) is 11.4. The topological polar surface area (TPSA) is 77.0 Å². The number of aromatic nitrogens is 3. The molecule has 0 radical (unpaired) electrons.